The van der Waals surface area contributed by atoms with Crippen molar-refractivity contribution < 1.29 is 19.1 Å². The quantitative estimate of drug-likeness (QED) is 0.656. The number of carbonyl (C=O) groups is 2. The number of anilines is 2. The summed E-state index contributed by atoms with van der Waals surface area (Å²) in [6, 6.07) is 8.94. The van der Waals surface area contributed by atoms with Crippen LogP contribution in [0.3, 0.4) is 0 Å². The van der Waals surface area contributed by atoms with E-state index < -0.39 is 5.97 Å². The lowest BCUT2D eigenvalue weighted by Gasteiger charge is -2.29. The largest absolute Gasteiger partial charge is 0.495 e. The maximum Gasteiger partial charge on any atom is 0.331 e. The van der Waals surface area contributed by atoms with Crippen LogP contribution in [-0.4, -0.2) is 32.1 Å². The van der Waals surface area contributed by atoms with Gasteiger partial charge in [0.2, 0.25) is 5.91 Å². The zero-order valence-electron chi connectivity index (χ0n) is 14.8. The van der Waals surface area contributed by atoms with Gasteiger partial charge in [-0.15, -0.1) is 0 Å². The Hall–Kier alpha value is -2.73. The molecule has 0 fully saturated rings. The van der Waals surface area contributed by atoms with Crippen molar-refractivity contribution in [3.05, 3.63) is 46.5 Å². The Balaban J connectivity index is 1.79. The molecule has 1 aliphatic heterocycles. The second kappa shape index (κ2) is 7.25. The number of amides is 1. The number of rotatable bonds is 4. The molecule has 0 unspecified atom stereocenters. The van der Waals surface area contributed by atoms with E-state index in [0.29, 0.717) is 27.9 Å². The monoisotopic (exact) mass is 374 g/mol. The van der Waals surface area contributed by atoms with Crippen LogP contribution >= 0.6 is 11.6 Å². The molecule has 1 heterocycles. The van der Waals surface area contributed by atoms with Crippen LogP contribution in [0, 0.1) is 13.8 Å². The third kappa shape index (κ3) is 3.75. The maximum atomic E-state index is 12.5. The van der Waals surface area contributed by atoms with E-state index in [1.165, 1.54) is 7.11 Å². The summed E-state index contributed by atoms with van der Waals surface area (Å²) >= 11 is 6.09. The van der Waals surface area contributed by atoms with Crippen molar-refractivity contribution in [2.75, 3.05) is 30.4 Å². The van der Waals surface area contributed by atoms with E-state index in [0.717, 1.165) is 11.1 Å². The van der Waals surface area contributed by atoms with Crippen LogP contribution in [0.5, 0.6) is 11.5 Å². The number of fused-ring (bicyclic) bond motifs is 1. The van der Waals surface area contributed by atoms with Gasteiger partial charge in [-0.05, 0) is 43.2 Å². The van der Waals surface area contributed by atoms with Crippen LogP contribution in [0.4, 0.5) is 11.4 Å². The molecule has 1 aliphatic rings. The highest BCUT2D eigenvalue weighted by Gasteiger charge is 2.26. The number of methoxy groups -OCH3 is 1. The molecule has 6 nitrogen and oxygen atoms in total. The molecule has 1 amide bonds. The third-order valence-electron chi connectivity index (χ3n) is 4.09. The van der Waals surface area contributed by atoms with Crippen molar-refractivity contribution in [3.63, 3.8) is 0 Å². The van der Waals surface area contributed by atoms with E-state index in [1.807, 2.05) is 26.0 Å². The van der Waals surface area contributed by atoms with E-state index in [4.69, 9.17) is 21.1 Å². The molecule has 0 saturated carbocycles. The molecular formula is C19H19ClN2O4. The van der Waals surface area contributed by atoms with E-state index in [-0.39, 0.29) is 19.0 Å². The van der Waals surface area contributed by atoms with Crippen molar-refractivity contribution in [2.24, 2.45) is 0 Å². The molecule has 1 N–H and O–H groups in total. The number of carbonyl (C=O) groups excluding carboxylic acids is 2. The van der Waals surface area contributed by atoms with Gasteiger partial charge in [-0.25, -0.2) is 4.79 Å². The van der Waals surface area contributed by atoms with Gasteiger partial charge in [-0.1, -0.05) is 17.7 Å². The summed E-state index contributed by atoms with van der Waals surface area (Å²) in [5, 5.41) is 3.38. The number of ether oxygens (including phenoxy) is 2. The molecule has 2 aromatic carbocycles. The van der Waals surface area contributed by atoms with Gasteiger partial charge in [0, 0.05) is 11.1 Å². The molecule has 3 rings (SSSR count). The smallest absolute Gasteiger partial charge is 0.331 e. The summed E-state index contributed by atoms with van der Waals surface area (Å²) in [7, 11) is 1.51. The van der Waals surface area contributed by atoms with Crippen molar-refractivity contribution in [1.82, 2.24) is 0 Å². The number of benzene rings is 2. The number of esters is 1. The normalized spacial score (nSPS) is 13.1. The minimum Gasteiger partial charge on any atom is -0.495 e. The molecule has 0 bridgehead atoms. The first-order chi connectivity index (χ1) is 12.4. The predicted octanol–water partition coefficient (Wildman–Crippen LogP) is 3.33. The second-order valence-corrected chi connectivity index (χ2v) is 6.56. The number of nitrogens with one attached hydrogen (secondary N) is 1. The van der Waals surface area contributed by atoms with Crippen molar-refractivity contribution >= 4 is 34.9 Å². The standard InChI is InChI=1S/C19H19ClN2O4/c1-11-4-5-15-17(6-11)26-19(24)10-22(15)9-18(23)21-14-7-12(2)13(20)8-16(14)25-3/h4-8H,9-10H2,1-3H3,(H,21,23). The Bertz CT molecular complexity index is 882. The van der Waals surface area contributed by atoms with Gasteiger partial charge in [-0.2, -0.15) is 0 Å². The molecular weight excluding hydrogens is 356 g/mol. The fourth-order valence-corrected chi connectivity index (χ4v) is 2.95. The minimum absolute atomic E-state index is 0.00991. The van der Waals surface area contributed by atoms with Crippen LogP contribution in [0.1, 0.15) is 11.1 Å². The Morgan fingerprint density at radius 1 is 1.31 bits per heavy atom. The highest BCUT2D eigenvalue weighted by Crippen LogP contribution is 2.33. The summed E-state index contributed by atoms with van der Waals surface area (Å²) in [5.74, 6) is 0.277. The van der Waals surface area contributed by atoms with E-state index in [2.05, 4.69) is 5.32 Å². The van der Waals surface area contributed by atoms with Crippen LogP contribution in [0.25, 0.3) is 0 Å². The zero-order chi connectivity index (χ0) is 18.8. The first kappa shape index (κ1) is 18.1. The Labute approximate surface area is 156 Å². The third-order valence-corrected chi connectivity index (χ3v) is 4.50. The maximum absolute atomic E-state index is 12.5. The Kier molecular flexibility index (Phi) is 5.04. The van der Waals surface area contributed by atoms with Crippen molar-refractivity contribution in [1.29, 1.82) is 0 Å². The first-order valence-electron chi connectivity index (χ1n) is 8.07. The molecule has 0 spiro atoms. The van der Waals surface area contributed by atoms with Gasteiger partial charge in [0.25, 0.3) is 0 Å². The van der Waals surface area contributed by atoms with Gasteiger partial charge < -0.3 is 19.7 Å². The lowest BCUT2D eigenvalue weighted by molar-refractivity contribution is -0.133. The number of aryl methyl sites for hydroxylation is 2. The Morgan fingerprint density at radius 2 is 2.08 bits per heavy atom. The minimum atomic E-state index is -0.393. The zero-order valence-corrected chi connectivity index (χ0v) is 15.5. The van der Waals surface area contributed by atoms with Crippen molar-refractivity contribution in [2.45, 2.75) is 13.8 Å². The van der Waals surface area contributed by atoms with Gasteiger partial charge in [0.15, 0.2) is 5.75 Å². The molecule has 7 heteroatoms. The van der Waals surface area contributed by atoms with E-state index in [9.17, 15) is 9.59 Å². The fourth-order valence-electron chi connectivity index (χ4n) is 2.79. The number of hydrogen-bond donors (Lipinski definition) is 1. The summed E-state index contributed by atoms with van der Waals surface area (Å²) in [6.45, 7) is 3.78. The average molecular weight is 375 g/mol. The Morgan fingerprint density at radius 3 is 2.81 bits per heavy atom. The predicted molar refractivity (Wildman–Crippen MR) is 100 cm³/mol. The highest BCUT2D eigenvalue weighted by atomic mass is 35.5. The fraction of sp³-hybridized carbons (Fsp3) is 0.263. The molecule has 26 heavy (non-hydrogen) atoms. The van der Waals surface area contributed by atoms with Crippen LogP contribution in [-0.2, 0) is 9.59 Å². The SMILES string of the molecule is COc1cc(Cl)c(C)cc1NC(=O)CN1CC(=O)Oc2cc(C)ccc21. The summed E-state index contributed by atoms with van der Waals surface area (Å²) in [4.78, 5) is 26.1. The lowest BCUT2D eigenvalue weighted by atomic mass is 10.1. The van der Waals surface area contributed by atoms with Crippen LogP contribution < -0.4 is 19.7 Å². The molecule has 136 valence electrons. The average Bonchev–Trinajstić information content (AvgIpc) is 2.57. The van der Waals surface area contributed by atoms with Crippen molar-refractivity contribution in [3.8, 4) is 11.5 Å². The number of halogens is 1. The molecule has 0 aliphatic carbocycles. The summed E-state index contributed by atoms with van der Waals surface area (Å²) in [6.07, 6.45) is 0. The number of hydrogen-bond acceptors (Lipinski definition) is 5. The topological polar surface area (TPSA) is 67.9 Å². The molecule has 0 atom stereocenters. The van der Waals surface area contributed by atoms with Gasteiger partial charge in [-0.3, -0.25) is 4.79 Å². The van der Waals surface area contributed by atoms with E-state index in [1.54, 1.807) is 23.1 Å². The van der Waals surface area contributed by atoms with Crippen LogP contribution in [0.2, 0.25) is 5.02 Å². The van der Waals surface area contributed by atoms with E-state index >= 15 is 0 Å². The summed E-state index contributed by atoms with van der Waals surface area (Å²) in [5.41, 5.74) is 3.04. The molecule has 2 aromatic rings. The van der Waals surface area contributed by atoms with Gasteiger partial charge in [0.05, 0.1) is 25.0 Å². The van der Waals surface area contributed by atoms with Gasteiger partial charge >= 0.3 is 5.97 Å². The first-order valence-corrected chi connectivity index (χ1v) is 8.45. The molecule has 0 saturated heterocycles. The van der Waals surface area contributed by atoms with Crippen LogP contribution in [0.15, 0.2) is 30.3 Å². The lowest BCUT2D eigenvalue weighted by Crippen LogP contribution is -2.41. The highest BCUT2D eigenvalue weighted by molar-refractivity contribution is 6.31. The summed E-state index contributed by atoms with van der Waals surface area (Å²) < 4.78 is 10.5. The molecule has 0 aromatic heterocycles. The number of nitrogens with zero attached hydrogens (tertiary/aromatic N) is 1. The molecule has 0 radical (unpaired) electrons. The van der Waals surface area contributed by atoms with Gasteiger partial charge in [0.1, 0.15) is 12.3 Å². The second-order valence-electron chi connectivity index (χ2n) is 6.15.